The molecule has 0 saturated carbocycles. The van der Waals surface area contributed by atoms with Gasteiger partial charge >= 0.3 is 0 Å². The van der Waals surface area contributed by atoms with Gasteiger partial charge in [-0.1, -0.05) is 49.3 Å². The molecule has 1 heterocycles. The van der Waals surface area contributed by atoms with Crippen molar-refractivity contribution < 1.29 is 14.9 Å². The molecule has 3 rings (SSSR count). The molecular formula is C25H28N6O5. The summed E-state index contributed by atoms with van der Waals surface area (Å²) in [7, 11) is 0. The van der Waals surface area contributed by atoms with Crippen molar-refractivity contribution in [1.82, 2.24) is 14.9 Å². The van der Waals surface area contributed by atoms with Crippen LogP contribution in [0.2, 0.25) is 0 Å². The predicted molar refractivity (Wildman–Crippen MR) is 135 cm³/mol. The van der Waals surface area contributed by atoms with E-state index in [2.05, 4.69) is 15.5 Å². The van der Waals surface area contributed by atoms with E-state index in [4.69, 9.17) is 10.9 Å². The highest BCUT2D eigenvalue weighted by molar-refractivity contribution is 5.97. The monoisotopic (exact) mass is 492 g/mol. The average molecular weight is 493 g/mol. The number of nitrogens with zero attached hydrogens (tertiary/aromatic N) is 4. The van der Waals surface area contributed by atoms with Gasteiger partial charge in [-0.15, -0.1) is 0 Å². The number of nitrogens with two attached hydrogens (primary N) is 1. The van der Waals surface area contributed by atoms with Crippen LogP contribution in [-0.4, -0.2) is 31.4 Å². The molecule has 188 valence electrons. The van der Waals surface area contributed by atoms with Crippen molar-refractivity contribution in [2.45, 2.75) is 40.3 Å². The van der Waals surface area contributed by atoms with Gasteiger partial charge in [-0.2, -0.15) is 0 Å². The molecule has 0 aliphatic heterocycles. The summed E-state index contributed by atoms with van der Waals surface area (Å²) in [5.74, 6) is 0.144. The van der Waals surface area contributed by atoms with Crippen molar-refractivity contribution in [2.75, 3.05) is 0 Å². The third-order valence-corrected chi connectivity index (χ3v) is 5.49. The number of carbonyl (C=O) groups is 1. The van der Waals surface area contributed by atoms with Gasteiger partial charge in [-0.05, 0) is 24.5 Å². The lowest BCUT2D eigenvalue weighted by molar-refractivity contribution is -0.384. The standard InChI is InChI=1S/C25H28N6O5/c1-15(2)14-30-16(3)28-23(18-7-5-9-20(11-18)31(35)36)21(25(30)33)12-22(32)27-13-17-6-4-8-19(10-17)24(26)29-34/h4-11,15,34H,12-14H2,1-3H3,(H2,26,29)(H,27,32). The van der Waals surface area contributed by atoms with E-state index < -0.39 is 10.8 Å². The zero-order chi connectivity index (χ0) is 26.4. The third kappa shape index (κ3) is 6.12. The average Bonchev–Trinajstić information content (AvgIpc) is 2.86. The molecule has 0 spiro atoms. The number of nitro groups is 1. The zero-order valence-corrected chi connectivity index (χ0v) is 20.3. The van der Waals surface area contributed by atoms with E-state index in [1.54, 1.807) is 37.3 Å². The zero-order valence-electron chi connectivity index (χ0n) is 20.3. The van der Waals surface area contributed by atoms with Crippen LogP contribution in [0.1, 0.15) is 36.4 Å². The topological polar surface area (TPSA) is 166 Å². The van der Waals surface area contributed by atoms with Gasteiger partial charge in [0.1, 0.15) is 5.82 Å². The first-order valence-electron chi connectivity index (χ1n) is 11.3. The molecule has 0 unspecified atom stereocenters. The van der Waals surface area contributed by atoms with Gasteiger partial charge in [-0.3, -0.25) is 24.3 Å². The van der Waals surface area contributed by atoms with Crippen LogP contribution in [0.15, 0.2) is 58.5 Å². The Kier molecular flexibility index (Phi) is 8.15. The Bertz CT molecular complexity index is 1380. The van der Waals surface area contributed by atoms with Crippen molar-refractivity contribution in [3.8, 4) is 11.3 Å². The van der Waals surface area contributed by atoms with Crippen molar-refractivity contribution >= 4 is 17.4 Å². The summed E-state index contributed by atoms with van der Waals surface area (Å²) in [6.45, 7) is 6.20. The number of amidine groups is 1. The maximum atomic E-state index is 13.5. The molecule has 36 heavy (non-hydrogen) atoms. The van der Waals surface area contributed by atoms with E-state index in [0.29, 0.717) is 29.1 Å². The molecule has 11 nitrogen and oxygen atoms in total. The first-order valence-corrected chi connectivity index (χ1v) is 11.3. The lowest BCUT2D eigenvalue weighted by Gasteiger charge is -2.17. The summed E-state index contributed by atoms with van der Waals surface area (Å²) >= 11 is 0. The van der Waals surface area contributed by atoms with Gasteiger partial charge in [-0.25, -0.2) is 4.98 Å². The highest BCUT2D eigenvalue weighted by atomic mass is 16.6. The summed E-state index contributed by atoms with van der Waals surface area (Å²) in [5.41, 5.74) is 7.12. The second-order valence-electron chi connectivity index (χ2n) is 8.74. The van der Waals surface area contributed by atoms with E-state index in [9.17, 15) is 19.7 Å². The molecule has 0 saturated heterocycles. The second-order valence-corrected chi connectivity index (χ2v) is 8.74. The first kappa shape index (κ1) is 26.1. The summed E-state index contributed by atoms with van der Waals surface area (Å²) < 4.78 is 1.52. The van der Waals surface area contributed by atoms with E-state index in [1.165, 1.54) is 22.8 Å². The summed E-state index contributed by atoms with van der Waals surface area (Å²) in [5, 5.41) is 25.9. The van der Waals surface area contributed by atoms with Crippen LogP contribution in [-0.2, 0) is 24.3 Å². The molecule has 1 aromatic heterocycles. The Morgan fingerprint density at radius 2 is 1.97 bits per heavy atom. The Hall–Kier alpha value is -4.54. The number of rotatable bonds is 9. The van der Waals surface area contributed by atoms with E-state index in [1.807, 2.05) is 13.8 Å². The number of nitrogens with one attached hydrogen (secondary N) is 1. The Labute approximate surface area is 207 Å². The first-order chi connectivity index (χ1) is 17.1. The van der Waals surface area contributed by atoms with Gasteiger partial charge in [0, 0.05) is 36.3 Å². The molecule has 4 N–H and O–H groups in total. The number of nitro benzene ring substituents is 1. The SMILES string of the molecule is Cc1nc(-c2cccc([N+](=O)[O-])c2)c(CC(=O)NCc2cccc(/C(N)=N\O)c2)c(=O)n1CC(C)C. The number of aromatic nitrogens is 2. The molecule has 0 aliphatic carbocycles. The Morgan fingerprint density at radius 3 is 2.64 bits per heavy atom. The molecule has 0 aliphatic rings. The number of non-ortho nitro benzene ring substituents is 1. The summed E-state index contributed by atoms with van der Waals surface area (Å²) in [6, 6.07) is 12.7. The number of benzene rings is 2. The van der Waals surface area contributed by atoms with Gasteiger partial charge in [0.15, 0.2) is 5.84 Å². The minimum atomic E-state index is -0.523. The van der Waals surface area contributed by atoms with Gasteiger partial charge in [0.05, 0.1) is 22.6 Å². The van der Waals surface area contributed by atoms with Crippen molar-refractivity contribution in [3.05, 3.63) is 91.5 Å². The minimum Gasteiger partial charge on any atom is -0.409 e. The molecule has 3 aromatic rings. The number of oxime groups is 1. The Balaban J connectivity index is 1.95. The number of hydrogen-bond acceptors (Lipinski definition) is 7. The van der Waals surface area contributed by atoms with Gasteiger partial charge in [0.25, 0.3) is 11.2 Å². The van der Waals surface area contributed by atoms with Gasteiger partial charge in [0.2, 0.25) is 5.91 Å². The molecule has 0 atom stereocenters. The number of amides is 1. The van der Waals surface area contributed by atoms with Crippen molar-refractivity contribution in [3.63, 3.8) is 0 Å². The van der Waals surface area contributed by atoms with Crippen LogP contribution in [0.3, 0.4) is 0 Å². The normalized spacial score (nSPS) is 11.5. The van der Waals surface area contributed by atoms with Crippen molar-refractivity contribution in [1.29, 1.82) is 0 Å². The van der Waals surface area contributed by atoms with Crippen LogP contribution in [0, 0.1) is 23.0 Å². The number of hydrogen-bond donors (Lipinski definition) is 3. The molecule has 0 radical (unpaired) electrons. The molecule has 0 fully saturated rings. The van der Waals surface area contributed by atoms with Gasteiger partial charge < -0.3 is 16.3 Å². The minimum absolute atomic E-state index is 0.0544. The fourth-order valence-electron chi connectivity index (χ4n) is 3.77. The Morgan fingerprint density at radius 1 is 1.25 bits per heavy atom. The molecule has 2 aromatic carbocycles. The molecule has 0 bridgehead atoms. The fourth-order valence-corrected chi connectivity index (χ4v) is 3.77. The van der Waals surface area contributed by atoms with Crippen LogP contribution in [0.25, 0.3) is 11.3 Å². The summed E-state index contributed by atoms with van der Waals surface area (Å²) in [4.78, 5) is 41.7. The van der Waals surface area contributed by atoms with E-state index >= 15 is 0 Å². The second kappa shape index (κ2) is 11.3. The number of aryl methyl sites for hydroxylation is 1. The highest BCUT2D eigenvalue weighted by Gasteiger charge is 2.21. The lowest BCUT2D eigenvalue weighted by atomic mass is 10.0. The summed E-state index contributed by atoms with van der Waals surface area (Å²) in [6.07, 6.45) is -0.262. The smallest absolute Gasteiger partial charge is 0.270 e. The highest BCUT2D eigenvalue weighted by Crippen LogP contribution is 2.25. The predicted octanol–water partition coefficient (Wildman–Crippen LogP) is 2.74. The van der Waals surface area contributed by atoms with Crippen molar-refractivity contribution in [2.24, 2.45) is 16.8 Å². The van der Waals surface area contributed by atoms with Crippen LogP contribution in [0.4, 0.5) is 5.69 Å². The van der Waals surface area contributed by atoms with E-state index in [-0.39, 0.29) is 47.2 Å². The maximum absolute atomic E-state index is 13.5. The van der Waals surface area contributed by atoms with Crippen LogP contribution in [0.5, 0.6) is 0 Å². The van der Waals surface area contributed by atoms with E-state index in [0.717, 1.165) is 0 Å². The molecule has 1 amide bonds. The largest absolute Gasteiger partial charge is 0.409 e. The molecule has 11 heteroatoms. The number of carbonyl (C=O) groups excluding carboxylic acids is 1. The fraction of sp³-hybridized carbons (Fsp3) is 0.280. The third-order valence-electron chi connectivity index (χ3n) is 5.49. The quantitative estimate of drug-likeness (QED) is 0.136. The maximum Gasteiger partial charge on any atom is 0.270 e. The van der Waals surface area contributed by atoms with Crippen LogP contribution >= 0.6 is 0 Å². The van der Waals surface area contributed by atoms with Crippen LogP contribution < -0.4 is 16.6 Å². The molecular weight excluding hydrogens is 464 g/mol. The lowest BCUT2D eigenvalue weighted by Crippen LogP contribution is -2.33.